The van der Waals surface area contributed by atoms with Crippen LogP contribution in [0.15, 0.2) is 0 Å². The fraction of sp³-hybridized carbons (Fsp3) is 1.00. The molecule has 0 aromatic heterocycles. The molecule has 0 heterocycles. The summed E-state index contributed by atoms with van der Waals surface area (Å²) in [6, 6.07) is 0. The number of hydrogen-bond acceptors (Lipinski definition) is 1. The average molecular weight is 226 g/mol. The molecule has 0 saturated heterocycles. The number of rotatable bonds is 0. The van der Waals surface area contributed by atoms with E-state index in [9.17, 15) is 5.11 Å². The molecule has 0 aromatic rings. The van der Waals surface area contributed by atoms with E-state index in [1.165, 1.54) is 0 Å². The van der Waals surface area contributed by atoms with Gasteiger partial charge in [0.1, 0.15) is 0 Å². The molecule has 0 unspecified atom stereocenters. The van der Waals surface area contributed by atoms with Gasteiger partial charge in [0, 0.05) is 37.3 Å². The van der Waals surface area contributed by atoms with Crippen LogP contribution in [0.5, 0.6) is 0 Å². The summed E-state index contributed by atoms with van der Waals surface area (Å²) in [5.74, 6) is 0. The smallest absolute Gasteiger partial charge is 0 e. The molecule has 1 nitrogen and oxygen atoms in total. The first kappa shape index (κ1) is 9.51. The maximum Gasteiger partial charge on any atom is 0 e. The van der Waals surface area contributed by atoms with Gasteiger partial charge in [-0.1, -0.05) is 13.8 Å². The van der Waals surface area contributed by atoms with E-state index >= 15 is 0 Å². The van der Waals surface area contributed by atoms with Gasteiger partial charge in [-0.25, -0.2) is 0 Å². The van der Waals surface area contributed by atoms with Crippen molar-refractivity contribution in [3.05, 3.63) is 0 Å². The van der Waals surface area contributed by atoms with Gasteiger partial charge in [0.25, 0.3) is 0 Å². The molecule has 0 amide bonds. The molecule has 0 radical (unpaired) electrons. The van der Waals surface area contributed by atoms with Gasteiger partial charge < -0.3 is 5.11 Å². The fourth-order valence-corrected chi connectivity index (χ4v) is 0. The molecule has 0 aliphatic carbocycles. The molecule has 0 saturated carbocycles. The first-order valence-electron chi connectivity index (χ1n) is 1.39. The first-order valence-corrected chi connectivity index (χ1v) is 1.39. The number of hydrogen-bond donors (Lipinski definition) is 0. The van der Waals surface area contributed by atoms with Gasteiger partial charge in [0.05, 0.1) is 0 Å². The van der Waals surface area contributed by atoms with Crippen molar-refractivity contribution in [3.8, 4) is 0 Å². The normalized spacial score (nSPS) is 7.20. The van der Waals surface area contributed by atoms with Crippen molar-refractivity contribution >= 4 is 0 Å². The standard InChI is InChI=1S/C3H7O.Er/c1-3(2)4;/h3H,1-2H3;/q-1;. The van der Waals surface area contributed by atoms with Crippen molar-refractivity contribution in [2.45, 2.75) is 20.0 Å². The van der Waals surface area contributed by atoms with Gasteiger partial charge in [0.15, 0.2) is 0 Å². The maximum atomic E-state index is 9.53. The summed E-state index contributed by atoms with van der Waals surface area (Å²) in [6.45, 7) is 3.22. The van der Waals surface area contributed by atoms with E-state index in [0.29, 0.717) is 0 Å². The molecule has 0 N–H and O–H groups in total. The first-order chi connectivity index (χ1) is 1.73. The van der Waals surface area contributed by atoms with Crippen LogP contribution in [-0.2, 0) is 0 Å². The minimum absolute atomic E-state index is 0. The predicted molar refractivity (Wildman–Crippen MR) is 15.1 cm³/mol. The summed E-state index contributed by atoms with van der Waals surface area (Å²) < 4.78 is 0. The van der Waals surface area contributed by atoms with Crippen LogP contribution >= 0.6 is 0 Å². The Morgan fingerprint density at radius 2 is 1.40 bits per heavy atom. The SMILES string of the molecule is CC(C)[O-].[Er]. The molecule has 0 rings (SSSR count). The Morgan fingerprint density at radius 3 is 1.40 bits per heavy atom. The van der Waals surface area contributed by atoms with E-state index in [2.05, 4.69) is 0 Å². The Labute approximate surface area is 62.0 Å². The van der Waals surface area contributed by atoms with Crippen molar-refractivity contribution in [2.75, 3.05) is 0 Å². The average Bonchev–Trinajstić information content (AvgIpc) is 0.811. The molecule has 0 aliphatic rings. The Hall–Kier alpha value is 1.21. The zero-order chi connectivity index (χ0) is 3.58. The topological polar surface area (TPSA) is 23.1 Å². The van der Waals surface area contributed by atoms with E-state index in [4.69, 9.17) is 0 Å². The predicted octanol–water partition coefficient (Wildman–Crippen LogP) is -0.245. The van der Waals surface area contributed by atoms with Crippen molar-refractivity contribution in [1.29, 1.82) is 0 Å². The van der Waals surface area contributed by atoms with Gasteiger partial charge in [-0.05, 0) is 0 Å². The van der Waals surface area contributed by atoms with Crippen LogP contribution in [-0.4, -0.2) is 6.10 Å². The Balaban J connectivity index is 0. The summed E-state index contributed by atoms with van der Waals surface area (Å²) in [5, 5.41) is 9.53. The van der Waals surface area contributed by atoms with Gasteiger partial charge in [-0.15, -0.1) is 6.10 Å². The third-order valence-electron chi connectivity index (χ3n) is 0. The van der Waals surface area contributed by atoms with Crippen LogP contribution < -0.4 is 5.11 Å². The van der Waals surface area contributed by atoms with E-state index in [1.807, 2.05) is 0 Å². The van der Waals surface area contributed by atoms with E-state index in [-0.39, 0.29) is 37.3 Å². The second kappa shape index (κ2) is 5.21. The quantitative estimate of drug-likeness (QED) is 0.559. The van der Waals surface area contributed by atoms with Crippen molar-refractivity contribution in [3.63, 3.8) is 0 Å². The van der Waals surface area contributed by atoms with Gasteiger partial charge in [-0.2, -0.15) is 0 Å². The molecule has 5 heavy (non-hydrogen) atoms. The zero-order valence-electron chi connectivity index (χ0n) is 3.27. The van der Waals surface area contributed by atoms with E-state index < -0.39 is 6.10 Å². The molecule has 0 aromatic carbocycles. The molecule has 0 bridgehead atoms. The maximum absolute atomic E-state index is 9.53. The van der Waals surface area contributed by atoms with Crippen molar-refractivity contribution in [2.24, 2.45) is 0 Å². The monoisotopic (exact) mass is 225 g/mol. The van der Waals surface area contributed by atoms with Crippen molar-refractivity contribution < 1.29 is 42.4 Å². The molecule has 2 heteroatoms. The Morgan fingerprint density at radius 1 is 1.40 bits per heavy atom. The molecular weight excluding hydrogens is 219 g/mol. The van der Waals surface area contributed by atoms with Gasteiger partial charge in [0.2, 0.25) is 0 Å². The minimum Gasteiger partial charge on any atom is -0.852 e. The molecule has 38 valence electrons. The molecule has 0 aliphatic heterocycles. The summed E-state index contributed by atoms with van der Waals surface area (Å²) >= 11 is 0. The van der Waals surface area contributed by atoms with Crippen LogP contribution in [0.2, 0.25) is 0 Å². The summed E-state index contributed by atoms with van der Waals surface area (Å²) in [4.78, 5) is 0. The van der Waals surface area contributed by atoms with E-state index in [1.54, 1.807) is 13.8 Å². The zero-order valence-corrected chi connectivity index (χ0v) is 5.13. The van der Waals surface area contributed by atoms with Gasteiger partial charge >= 0.3 is 0 Å². The molecule has 0 atom stereocenters. The third-order valence-corrected chi connectivity index (χ3v) is 0. The van der Waals surface area contributed by atoms with Crippen LogP contribution in [0.25, 0.3) is 0 Å². The molecule has 0 spiro atoms. The summed E-state index contributed by atoms with van der Waals surface area (Å²) in [6.07, 6.45) is -0.417. The van der Waals surface area contributed by atoms with E-state index in [0.717, 1.165) is 0 Å². The minimum atomic E-state index is -0.417. The largest absolute Gasteiger partial charge is 0.852 e. The molecule has 0 fully saturated rings. The molecular formula is C3H7ErO-. The summed E-state index contributed by atoms with van der Waals surface area (Å²) in [7, 11) is 0. The van der Waals surface area contributed by atoms with Crippen LogP contribution in [0, 0.1) is 37.3 Å². The van der Waals surface area contributed by atoms with Crippen LogP contribution in [0.3, 0.4) is 0 Å². The summed E-state index contributed by atoms with van der Waals surface area (Å²) in [5.41, 5.74) is 0. The Kier molecular flexibility index (Phi) is 9.90. The second-order valence-electron chi connectivity index (χ2n) is 1.05. The fourth-order valence-electron chi connectivity index (χ4n) is 0. The second-order valence-corrected chi connectivity index (χ2v) is 1.05. The Bertz CT molecular complexity index is 11.6. The van der Waals surface area contributed by atoms with Gasteiger partial charge in [-0.3, -0.25) is 0 Å². The van der Waals surface area contributed by atoms with Crippen LogP contribution in [0.1, 0.15) is 13.8 Å². The van der Waals surface area contributed by atoms with Crippen molar-refractivity contribution in [1.82, 2.24) is 0 Å². The van der Waals surface area contributed by atoms with Crippen LogP contribution in [0.4, 0.5) is 0 Å². The third kappa shape index (κ3) is 36.8.